The lowest BCUT2D eigenvalue weighted by atomic mass is 10.0. The number of aliphatic carboxylic acids is 1. The zero-order valence-electron chi connectivity index (χ0n) is 12.6. The van der Waals surface area contributed by atoms with E-state index < -0.39 is 11.9 Å². The smallest absolute Gasteiger partial charge is 0.310 e. The molecule has 0 aliphatic heterocycles. The third kappa shape index (κ3) is 4.78. The summed E-state index contributed by atoms with van der Waals surface area (Å²) in [5.41, 5.74) is 3.11. The average Bonchev–Trinajstić information content (AvgIpc) is 2.53. The molecule has 0 radical (unpaired) electrons. The summed E-state index contributed by atoms with van der Waals surface area (Å²) in [5, 5.41) is 13.1. The SMILES string of the molecule is CC(C(=O)O)c1ccc(NCCCc2ccc(Cl)cc2)cc1. The number of rotatable bonds is 7. The lowest BCUT2D eigenvalue weighted by molar-refractivity contribution is -0.138. The molecule has 0 bridgehead atoms. The Morgan fingerprint density at radius 2 is 1.77 bits per heavy atom. The van der Waals surface area contributed by atoms with Crippen LogP contribution in [0.15, 0.2) is 48.5 Å². The van der Waals surface area contributed by atoms with Crippen LogP contribution >= 0.6 is 11.6 Å². The first-order chi connectivity index (χ1) is 10.6. The van der Waals surface area contributed by atoms with Gasteiger partial charge in [-0.15, -0.1) is 0 Å². The quantitative estimate of drug-likeness (QED) is 0.735. The first-order valence-electron chi connectivity index (χ1n) is 7.37. The van der Waals surface area contributed by atoms with Crippen LogP contribution in [0.1, 0.15) is 30.4 Å². The fourth-order valence-corrected chi connectivity index (χ4v) is 2.33. The maximum atomic E-state index is 10.9. The molecule has 22 heavy (non-hydrogen) atoms. The number of anilines is 1. The summed E-state index contributed by atoms with van der Waals surface area (Å²) in [6.07, 6.45) is 2.02. The van der Waals surface area contributed by atoms with Crippen molar-refractivity contribution in [2.45, 2.75) is 25.7 Å². The van der Waals surface area contributed by atoms with Gasteiger partial charge in [-0.3, -0.25) is 4.79 Å². The monoisotopic (exact) mass is 317 g/mol. The third-order valence-electron chi connectivity index (χ3n) is 3.67. The van der Waals surface area contributed by atoms with E-state index >= 15 is 0 Å². The largest absolute Gasteiger partial charge is 0.481 e. The summed E-state index contributed by atoms with van der Waals surface area (Å²) < 4.78 is 0. The van der Waals surface area contributed by atoms with Gasteiger partial charge in [-0.05, 0) is 55.2 Å². The van der Waals surface area contributed by atoms with Crippen LogP contribution in [0.4, 0.5) is 5.69 Å². The zero-order valence-corrected chi connectivity index (χ0v) is 13.3. The number of halogens is 1. The van der Waals surface area contributed by atoms with E-state index in [0.717, 1.165) is 35.7 Å². The molecule has 0 spiro atoms. The lowest BCUT2D eigenvalue weighted by Crippen LogP contribution is -2.07. The highest BCUT2D eigenvalue weighted by Gasteiger charge is 2.12. The van der Waals surface area contributed by atoms with Crippen molar-refractivity contribution >= 4 is 23.3 Å². The van der Waals surface area contributed by atoms with E-state index in [2.05, 4.69) is 5.32 Å². The minimum atomic E-state index is -0.802. The second-order valence-electron chi connectivity index (χ2n) is 5.34. The van der Waals surface area contributed by atoms with Gasteiger partial charge in [-0.25, -0.2) is 0 Å². The predicted octanol–water partition coefficient (Wildman–Crippen LogP) is 4.57. The van der Waals surface area contributed by atoms with Crippen LogP contribution in [0.5, 0.6) is 0 Å². The topological polar surface area (TPSA) is 49.3 Å². The molecule has 2 aromatic rings. The highest BCUT2D eigenvalue weighted by Crippen LogP contribution is 2.18. The maximum Gasteiger partial charge on any atom is 0.310 e. The van der Waals surface area contributed by atoms with Crippen LogP contribution in [-0.2, 0) is 11.2 Å². The van der Waals surface area contributed by atoms with Crippen molar-refractivity contribution < 1.29 is 9.90 Å². The number of benzene rings is 2. The van der Waals surface area contributed by atoms with Gasteiger partial charge in [0.05, 0.1) is 5.92 Å². The number of carbonyl (C=O) groups is 1. The molecular formula is C18H20ClNO2. The lowest BCUT2D eigenvalue weighted by Gasteiger charge is -2.10. The summed E-state index contributed by atoms with van der Waals surface area (Å²) >= 11 is 5.86. The third-order valence-corrected chi connectivity index (χ3v) is 3.92. The summed E-state index contributed by atoms with van der Waals surface area (Å²) in [4.78, 5) is 10.9. The van der Waals surface area contributed by atoms with Crippen LogP contribution < -0.4 is 5.32 Å². The van der Waals surface area contributed by atoms with Crippen molar-refractivity contribution in [2.75, 3.05) is 11.9 Å². The van der Waals surface area contributed by atoms with Crippen molar-refractivity contribution in [1.29, 1.82) is 0 Å². The molecule has 0 amide bonds. The second-order valence-corrected chi connectivity index (χ2v) is 5.78. The highest BCUT2D eigenvalue weighted by molar-refractivity contribution is 6.30. The molecule has 4 heteroatoms. The van der Waals surface area contributed by atoms with Gasteiger partial charge in [-0.2, -0.15) is 0 Å². The predicted molar refractivity (Wildman–Crippen MR) is 90.8 cm³/mol. The molecular weight excluding hydrogens is 298 g/mol. The maximum absolute atomic E-state index is 10.9. The van der Waals surface area contributed by atoms with E-state index in [1.807, 2.05) is 48.5 Å². The highest BCUT2D eigenvalue weighted by atomic mass is 35.5. The normalized spacial score (nSPS) is 11.9. The van der Waals surface area contributed by atoms with E-state index in [1.165, 1.54) is 5.56 Å². The van der Waals surface area contributed by atoms with E-state index in [0.29, 0.717) is 0 Å². The van der Waals surface area contributed by atoms with Crippen LogP contribution in [0.2, 0.25) is 5.02 Å². The first-order valence-corrected chi connectivity index (χ1v) is 7.75. The second kappa shape index (κ2) is 7.85. The van der Waals surface area contributed by atoms with Crippen molar-refractivity contribution in [3.05, 3.63) is 64.7 Å². The van der Waals surface area contributed by atoms with Gasteiger partial charge >= 0.3 is 5.97 Å². The van der Waals surface area contributed by atoms with E-state index in [-0.39, 0.29) is 0 Å². The standard InChI is InChI=1S/C18H20ClNO2/c1-13(18(21)22)15-6-10-17(11-7-15)20-12-2-3-14-4-8-16(19)9-5-14/h4-11,13,20H,2-3,12H2,1H3,(H,21,22). The number of carboxylic acid groups (broad SMARTS) is 1. The molecule has 1 atom stereocenters. The van der Waals surface area contributed by atoms with Crippen LogP contribution in [0.25, 0.3) is 0 Å². The molecule has 0 aliphatic carbocycles. The van der Waals surface area contributed by atoms with Crippen LogP contribution in [0, 0.1) is 0 Å². The molecule has 0 aliphatic rings. The Hall–Kier alpha value is -2.00. The van der Waals surface area contributed by atoms with Gasteiger partial charge in [0.2, 0.25) is 0 Å². The summed E-state index contributed by atoms with van der Waals surface area (Å²) in [7, 11) is 0. The fraction of sp³-hybridized carbons (Fsp3) is 0.278. The Morgan fingerprint density at radius 3 is 2.36 bits per heavy atom. The summed E-state index contributed by atoms with van der Waals surface area (Å²) in [5.74, 6) is -1.28. The molecule has 1 unspecified atom stereocenters. The van der Waals surface area contributed by atoms with Crippen LogP contribution in [0.3, 0.4) is 0 Å². The average molecular weight is 318 g/mol. The van der Waals surface area contributed by atoms with Crippen molar-refractivity contribution in [3.63, 3.8) is 0 Å². The Bertz CT molecular complexity index is 608. The van der Waals surface area contributed by atoms with Gasteiger partial charge in [0.1, 0.15) is 0 Å². The fourth-order valence-electron chi connectivity index (χ4n) is 2.21. The molecule has 2 aromatic carbocycles. The zero-order chi connectivity index (χ0) is 15.9. The van der Waals surface area contributed by atoms with Crippen molar-refractivity contribution in [1.82, 2.24) is 0 Å². The minimum absolute atomic E-state index is 0.473. The number of aryl methyl sites for hydroxylation is 1. The van der Waals surface area contributed by atoms with Gasteiger partial charge in [0.15, 0.2) is 0 Å². The molecule has 3 nitrogen and oxygen atoms in total. The molecule has 2 N–H and O–H groups in total. The van der Waals surface area contributed by atoms with Crippen molar-refractivity contribution in [2.24, 2.45) is 0 Å². The first kappa shape index (κ1) is 16.4. The molecule has 0 heterocycles. The van der Waals surface area contributed by atoms with Gasteiger partial charge < -0.3 is 10.4 Å². The number of hydrogen-bond acceptors (Lipinski definition) is 2. The van der Waals surface area contributed by atoms with Crippen LogP contribution in [-0.4, -0.2) is 17.6 Å². The van der Waals surface area contributed by atoms with Gasteiger partial charge in [0, 0.05) is 17.3 Å². The van der Waals surface area contributed by atoms with Gasteiger partial charge in [0.25, 0.3) is 0 Å². The molecule has 0 aromatic heterocycles. The molecule has 2 rings (SSSR count). The molecule has 116 valence electrons. The summed E-state index contributed by atoms with van der Waals surface area (Å²) in [6.45, 7) is 2.56. The molecule has 0 fully saturated rings. The Balaban J connectivity index is 1.77. The Kier molecular flexibility index (Phi) is 5.84. The number of nitrogens with one attached hydrogen (secondary N) is 1. The van der Waals surface area contributed by atoms with Crippen molar-refractivity contribution in [3.8, 4) is 0 Å². The number of carboxylic acids is 1. The van der Waals surface area contributed by atoms with E-state index in [1.54, 1.807) is 6.92 Å². The summed E-state index contributed by atoms with van der Waals surface area (Å²) in [6, 6.07) is 15.5. The molecule has 0 saturated carbocycles. The van der Waals surface area contributed by atoms with Gasteiger partial charge in [-0.1, -0.05) is 35.9 Å². The molecule has 0 saturated heterocycles. The van der Waals surface area contributed by atoms with E-state index in [4.69, 9.17) is 16.7 Å². The minimum Gasteiger partial charge on any atom is -0.481 e. The Morgan fingerprint density at radius 1 is 1.14 bits per heavy atom. The van der Waals surface area contributed by atoms with E-state index in [9.17, 15) is 4.79 Å². The Labute approximate surface area is 135 Å². The number of hydrogen-bond donors (Lipinski definition) is 2.